The van der Waals surface area contributed by atoms with Gasteiger partial charge in [0.15, 0.2) is 0 Å². The smallest absolute Gasteiger partial charge is 0.225 e. The van der Waals surface area contributed by atoms with Gasteiger partial charge in [-0.2, -0.15) is 0 Å². The highest BCUT2D eigenvalue weighted by Crippen LogP contribution is 2.23. The molecule has 0 atom stereocenters. The predicted molar refractivity (Wildman–Crippen MR) is 105 cm³/mol. The van der Waals surface area contributed by atoms with Gasteiger partial charge in [-0.1, -0.05) is 29.8 Å². The Morgan fingerprint density at radius 3 is 2.44 bits per heavy atom. The molecule has 0 bridgehead atoms. The van der Waals surface area contributed by atoms with Gasteiger partial charge in [0.25, 0.3) is 0 Å². The van der Waals surface area contributed by atoms with Crippen LogP contribution >= 0.6 is 11.3 Å². The lowest BCUT2D eigenvalue weighted by Crippen LogP contribution is -2.20. The minimum atomic E-state index is 0.838. The van der Waals surface area contributed by atoms with Crippen molar-refractivity contribution >= 4 is 29.4 Å². The third-order valence-corrected chi connectivity index (χ3v) is 5.14. The van der Waals surface area contributed by atoms with E-state index in [0.29, 0.717) is 0 Å². The van der Waals surface area contributed by atoms with Crippen LogP contribution in [0.5, 0.6) is 0 Å². The number of anilines is 1. The molecule has 0 radical (unpaired) electrons. The minimum Gasteiger partial charge on any atom is -0.341 e. The molecule has 5 heteroatoms. The minimum absolute atomic E-state index is 0.838. The summed E-state index contributed by atoms with van der Waals surface area (Å²) in [6, 6.07) is 8.46. The number of nitrogens with zero attached hydrogens (tertiary/aromatic N) is 4. The number of hydrogen-bond acceptors (Lipinski definition) is 5. The number of aryl methyl sites for hydroxylation is 1. The maximum atomic E-state index is 4.69. The van der Waals surface area contributed by atoms with Crippen LogP contribution in [-0.2, 0) is 0 Å². The molecule has 0 N–H and O–H groups in total. The van der Waals surface area contributed by atoms with Crippen molar-refractivity contribution in [3.8, 4) is 11.3 Å². The zero-order valence-electron chi connectivity index (χ0n) is 14.2. The van der Waals surface area contributed by atoms with Crippen LogP contribution in [0.4, 0.5) is 5.95 Å². The van der Waals surface area contributed by atoms with Gasteiger partial charge in [-0.05, 0) is 31.9 Å². The molecule has 1 aromatic carbocycles. The fourth-order valence-electron chi connectivity index (χ4n) is 2.89. The van der Waals surface area contributed by atoms with Crippen LogP contribution in [0.1, 0.15) is 29.0 Å². The van der Waals surface area contributed by atoms with Crippen LogP contribution in [-0.4, -0.2) is 28.0 Å². The number of benzene rings is 1. The Morgan fingerprint density at radius 2 is 1.72 bits per heavy atom. The SMILES string of the molecule is Cc1ccc(-c2csc(C=Cc3cnc(N4CCCC4)nc3)n2)cc1. The first-order chi connectivity index (χ1) is 12.3. The Labute approximate surface area is 151 Å². The van der Waals surface area contributed by atoms with Gasteiger partial charge in [0, 0.05) is 42.0 Å². The van der Waals surface area contributed by atoms with Crippen LogP contribution in [0.2, 0.25) is 0 Å². The highest BCUT2D eigenvalue weighted by molar-refractivity contribution is 7.10. The summed E-state index contributed by atoms with van der Waals surface area (Å²) in [5, 5.41) is 3.08. The lowest BCUT2D eigenvalue weighted by atomic mass is 10.1. The molecule has 2 aromatic heterocycles. The Balaban J connectivity index is 1.45. The second-order valence-corrected chi connectivity index (χ2v) is 7.17. The van der Waals surface area contributed by atoms with Crippen LogP contribution < -0.4 is 4.90 Å². The lowest BCUT2D eigenvalue weighted by Gasteiger charge is -2.14. The summed E-state index contributed by atoms with van der Waals surface area (Å²) >= 11 is 1.64. The summed E-state index contributed by atoms with van der Waals surface area (Å²) in [6.45, 7) is 4.22. The summed E-state index contributed by atoms with van der Waals surface area (Å²) in [6.07, 6.45) is 10.3. The summed E-state index contributed by atoms with van der Waals surface area (Å²) in [5.74, 6) is 0.838. The summed E-state index contributed by atoms with van der Waals surface area (Å²) in [4.78, 5) is 15.9. The van der Waals surface area contributed by atoms with E-state index < -0.39 is 0 Å². The highest BCUT2D eigenvalue weighted by atomic mass is 32.1. The van der Waals surface area contributed by atoms with Gasteiger partial charge in [-0.15, -0.1) is 11.3 Å². The van der Waals surface area contributed by atoms with Gasteiger partial charge < -0.3 is 4.90 Å². The topological polar surface area (TPSA) is 41.9 Å². The van der Waals surface area contributed by atoms with Gasteiger partial charge in [0.05, 0.1) is 5.69 Å². The van der Waals surface area contributed by atoms with Gasteiger partial charge in [-0.3, -0.25) is 0 Å². The molecular weight excluding hydrogens is 328 g/mol. The first-order valence-corrected chi connectivity index (χ1v) is 9.43. The summed E-state index contributed by atoms with van der Waals surface area (Å²) in [5.41, 5.74) is 4.43. The van der Waals surface area contributed by atoms with E-state index in [1.807, 2.05) is 24.5 Å². The number of hydrogen-bond donors (Lipinski definition) is 0. The molecule has 1 saturated heterocycles. The van der Waals surface area contributed by atoms with E-state index >= 15 is 0 Å². The molecule has 4 nitrogen and oxygen atoms in total. The molecule has 1 fully saturated rings. The standard InChI is InChI=1S/C20H20N4S/c1-15-4-7-17(8-5-15)18-14-25-19(23-18)9-6-16-12-21-20(22-13-16)24-10-2-3-11-24/h4-9,12-14H,2-3,10-11H2,1H3. The van der Waals surface area contributed by atoms with Crippen LogP contribution in [0, 0.1) is 6.92 Å². The molecule has 1 aliphatic rings. The maximum absolute atomic E-state index is 4.69. The quantitative estimate of drug-likeness (QED) is 0.686. The Kier molecular flexibility index (Phi) is 4.57. The van der Waals surface area contributed by atoms with E-state index in [1.54, 1.807) is 11.3 Å². The van der Waals surface area contributed by atoms with Gasteiger partial charge in [0.2, 0.25) is 5.95 Å². The summed E-state index contributed by atoms with van der Waals surface area (Å²) in [7, 11) is 0. The van der Waals surface area contributed by atoms with Gasteiger partial charge in [-0.25, -0.2) is 15.0 Å². The zero-order chi connectivity index (χ0) is 17.1. The van der Waals surface area contributed by atoms with Gasteiger partial charge >= 0.3 is 0 Å². The molecule has 0 amide bonds. The maximum Gasteiger partial charge on any atom is 0.225 e. The second kappa shape index (κ2) is 7.15. The second-order valence-electron chi connectivity index (χ2n) is 6.28. The van der Waals surface area contributed by atoms with E-state index in [2.05, 4.69) is 56.4 Å². The van der Waals surface area contributed by atoms with Crippen LogP contribution in [0.3, 0.4) is 0 Å². The molecule has 1 aliphatic heterocycles. The first-order valence-electron chi connectivity index (χ1n) is 8.55. The fraction of sp³-hybridized carbons (Fsp3) is 0.250. The number of aromatic nitrogens is 3. The number of thiazole rings is 1. The lowest BCUT2D eigenvalue weighted by molar-refractivity contribution is 0.897. The molecule has 3 aromatic rings. The van der Waals surface area contributed by atoms with Crippen molar-refractivity contribution in [3.63, 3.8) is 0 Å². The van der Waals surface area contributed by atoms with Crippen LogP contribution in [0.25, 0.3) is 23.4 Å². The Hall–Kier alpha value is -2.53. The summed E-state index contributed by atoms with van der Waals surface area (Å²) < 4.78 is 0. The van der Waals surface area contributed by atoms with Crippen molar-refractivity contribution in [1.29, 1.82) is 0 Å². The average molecular weight is 348 g/mol. The monoisotopic (exact) mass is 348 g/mol. The average Bonchev–Trinajstić information content (AvgIpc) is 3.33. The third kappa shape index (κ3) is 3.77. The molecule has 0 saturated carbocycles. The molecule has 25 heavy (non-hydrogen) atoms. The number of rotatable bonds is 4. The van der Waals surface area contributed by atoms with E-state index in [0.717, 1.165) is 40.9 Å². The van der Waals surface area contributed by atoms with Gasteiger partial charge in [0.1, 0.15) is 5.01 Å². The van der Waals surface area contributed by atoms with E-state index in [9.17, 15) is 0 Å². The van der Waals surface area contributed by atoms with Crippen LogP contribution in [0.15, 0.2) is 42.0 Å². The molecule has 0 unspecified atom stereocenters. The van der Waals surface area contributed by atoms with Crippen molar-refractivity contribution in [1.82, 2.24) is 15.0 Å². The van der Waals surface area contributed by atoms with Crippen molar-refractivity contribution in [2.45, 2.75) is 19.8 Å². The fourth-order valence-corrected chi connectivity index (χ4v) is 3.61. The predicted octanol–water partition coefficient (Wildman–Crippen LogP) is 4.68. The zero-order valence-corrected chi connectivity index (χ0v) is 15.0. The first kappa shape index (κ1) is 16.0. The van der Waals surface area contributed by atoms with E-state index in [1.165, 1.54) is 18.4 Å². The van der Waals surface area contributed by atoms with Crippen molar-refractivity contribution in [2.24, 2.45) is 0 Å². The van der Waals surface area contributed by atoms with E-state index in [-0.39, 0.29) is 0 Å². The van der Waals surface area contributed by atoms with E-state index in [4.69, 9.17) is 0 Å². The molecular formula is C20H20N4S. The van der Waals surface area contributed by atoms with Crippen molar-refractivity contribution in [2.75, 3.05) is 18.0 Å². The molecule has 0 spiro atoms. The van der Waals surface area contributed by atoms with Crippen molar-refractivity contribution < 1.29 is 0 Å². The Morgan fingerprint density at radius 1 is 1.00 bits per heavy atom. The molecule has 4 rings (SSSR count). The Bertz CT molecular complexity index is 859. The molecule has 126 valence electrons. The third-order valence-electron chi connectivity index (χ3n) is 4.33. The van der Waals surface area contributed by atoms with Crippen molar-refractivity contribution in [3.05, 3.63) is 58.2 Å². The highest BCUT2D eigenvalue weighted by Gasteiger charge is 2.14. The molecule has 3 heterocycles. The normalized spacial score (nSPS) is 14.5. The molecule has 0 aliphatic carbocycles. The largest absolute Gasteiger partial charge is 0.341 e.